The molecule has 0 atom stereocenters. The van der Waals surface area contributed by atoms with Crippen LogP contribution in [0.25, 0.3) is 17.2 Å². The Hall–Kier alpha value is -3.41. The average molecular weight is 337 g/mol. The molecule has 0 N–H and O–H groups in total. The summed E-state index contributed by atoms with van der Waals surface area (Å²) in [6, 6.07) is 13.8. The average Bonchev–Trinajstić information content (AvgIpc) is 3.07. The van der Waals surface area contributed by atoms with Gasteiger partial charge in [0, 0.05) is 17.7 Å². The number of fused-ring (bicyclic) bond motifs is 1. The zero-order chi connectivity index (χ0) is 17.6. The molecule has 6 nitrogen and oxygen atoms in total. The predicted molar refractivity (Wildman–Crippen MR) is 91.3 cm³/mol. The summed E-state index contributed by atoms with van der Waals surface area (Å²) < 4.78 is 15.4. The number of ether oxygens (including phenoxy) is 2. The second-order valence-electron chi connectivity index (χ2n) is 5.11. The van der Waals surface area contributed by atoms with E-state index >= 15 is 0 Å². The van der Waals surface area contributed by atoms with Crippen LogP contribution in [-0.4, -0.2) is 30.5 Å². The number of para-hydroxylation sites is 2. The number of nitrogens with zero attached hydrogens (tertiary/aromatic N) is 1. The number of methoxy groups -OCH3 is 1. The Kier molecular flexibility index (Phi) is 4.89. The van der Waals surface area contributed by atoms with Gasteiger partial charge in [0.2, 0.25) is 5.89 Å². The lowest BCUT2D eigenvalue weighted by atomic mass is 10.1. The minimum atomic E-state index is -0.649. The van der Waals surface area contributed by atoms with Crippen molar-refractivity contribution >= 4 is 28.9 Å². The number of Topliss-reactive ketones (excluding diaryl/α,β-unsaturated/α-hetero) is 1. The Morgan fingerprint density at radius 2 is 1.88 bits per heavy atom. The highest BCUT2D eigenvalue weighted by molar-refractivity contribution is 5.99. The number of carbonyl (C=O) groups is 2. The summed E-state index contributed by atoms with van der Waals surface area (Å²) in [6.45, 7) is -0.344. The molecule has 0 saturated heterocycles. The number of hydrogen-bond donors (Lipinski definition) is 0. The van der Waals surface area contributed by atoms with Crippen molar-refractivity contribution in [2.45, 2.75) is 0 Å². The lowest BCUT2D eigenvalue weighted by molar-refractivity contribution is -0.136. The Morgan fingerprint density at radius 1 is 1.12 bits per heavy atom. The number of ketones is 1. The molecule has 126 valence electrons. The first-order valence-electron chi connectivity index (χ1n) is 7.53. The molecule has 0 bridgehead atoms. The van der Waals surface area contributed by atoms with E-state index in [1.165, 1.54) is 12.2 Å². The van der Waals surface area contributed by atoms with Crippen LogP contribution in [0.15, 0.2) is 59.0 Å². The summed E-state index contributed by atoms with van der Waals surface area (Å²) in [7, 11) is 1.54. The summed E-state index contributed by atoms with van der Waals surface area (Å²) in [6.07, 6.45) is 2.58. The quantitative estimate of drug-likeness (QED) is 0.390. The van der Waals surface area contributed by atoms with Crippen LogP contribution in [-0.2, 0) is 9.53 Å². The molecular formula is C19H15NO5. The van der Waals surface area contributed by atoms with Crippen molar-refractivity contribution in [1.82, 2.24) is 4.98 Å². The van der Waals surface area contributed by atoms with E-state index in [0.29, 0.717) is 28.3 Å². The summed E-state index contributed by atoms with van der Waals surface area (Å²) in [4.78, 5) is 27.9. The van der Waals surface area contributed by atoms with E-state index in [1.54, 1.807) is 37.4 Å². The molecule has 0 aliphatic carbocycles. The molecule has 2 aromatic carbocycles. The number of oxazole rings is 1. The van der Waals surface area contributed by atoms with Crippen LogP contribution in [0, 0.1) is 0 Å². The lowest BCUT2D eigenvalue weighted by Crippen LogP contribution is -2.12. The highest BCUT2D eigenvalue weighted by Gasteiger charge is 2.09. The fourth-order valence-corrected chi connectivity index (χ4v) is 2.15. The SMILES string of the molecule is COc1ccc(C(=O)COC(=O)/C=C/c2nc3ccccc3o2)cc1. The van der Waals surface area contributed by atoms with E-state index in [-0.39, 0.29) is 12.4 Å². The Morgan fingerprint density at radius 3 is 2.60 bits per heavy atom. The molecule has 3 aromatic rings. The van der Waals surface area contributed by atoms with Crippen molar-refractivity contribution in [1.29, 1.82) is 0 Å². The smallest absolute Gasteiger partial charge is 0.331 e. The van der Waals surface area contributed by atoms with E-state index in [0.717, 1.165) is 0 Å². The summed E-state index contributed by atoms with van der Waals surface area (Å²) in [5.74, 6) is -0.00942. The zero-order valence-electron chi connectivity index (χ0n) is 13.5. The van der Waals surface area contributed by atoms with Gasteiger partial charge in [0.25, 0.3) is 0 Å². The minimum Gasteiger partial charge on any atom is -0.497 e. The van der Waals surface area contributed by atoms with Crippen molar-refractivity contribution in [2.75, 3.05) is 13.7 Å². The summed E-state index contributed by atoms with van der Waals surface area (Å²) in [5.41, 5.74) is 1.77. The van der Waals surface area contributed by atoms with Crippen LogP contribution < -0.4 is 4.74 Å². The van der Waals surface area contributed by atoms with Gasteiger partial charge in [-0.15, -0.1) is 0 Å². The normalized spacial score (nSPS) is 10.9. The van der Waals surface area contributed by atoms with Crippen LogP contribution in [0.3, 0.4) is 0 Å². The van der Waals surface area contributed by atoms with Gasteiger partial charge in [0.05, 0.1) is 7.11 Å². The largest absolute Gasteiger partial charge is 0.497 e. The molecule has 0 unspecified atom stereocenters. The minimum absolute atomic E-state index is 0.291. The summed E-state index contributed by atoms with van der Waals surface area (Å²) in [5, 5.41) is 0. The van der Waals surface area contributed by atoms with E-state index in [2.05, 4.69) is 4.98 Å². The molecular weight excluding hydrogens is 322 g/mol. The number of carbonyl (C=O) groups excluding carboxylic acids is 2. The van der Waals surface area contributed by atoms with Crippen molar-refractivity contribution in [3.8, 4) is 5.75 Å². The Bertz CT molecular complexity index is 891. The molecule has 25 heavy (non-hydrogen) atoms. The molecule has 0 saturated carbocycles. The highest BCUT2D eigenvalue weighted by Crippen LogP contribution is 2.15. The van der Waals surface area contributed by atoms with Crippen LogP contribution in [0.4, 0.5) is 0 Å². The van der Waals surface area contributed by atoms with Gasteiger partial charge in [-0.3, -0.25) is 4.79 Å². The molecule has 1 heterocycles. The van der Waals surface area contributed by atoms with Gasteiger partial charge in [-0.2, -0.15) is 0 Å². The van der Waals surface area contributed by atoms with Gasteiger partial charge in [-0.25, -0.2) is 9.78 Å². The monoisotopic (exact) mass is 337 g/mol. The maximum atomic E-state index is 12.0. The first-order valence-corrected chi connectivity index (χ1v) is 7.53. The second kappa shape index (κ2) is 7.44. The van der Waals surface area contributed by atoms with Crippen molar-refractivity contribution in [2.24, 2.45) is 0 Å². The topological polar surface area (TPSA) is 78.6 Å². The second-order valence-corrected chi connectivity index (χ2v) is 5.11. The van der Waals surface area contributed by atoms with Gasteiger partial charge in [0.15, 0.2) is 18.0 Å². The van der Waals surface area contributed by atoms with E-state index in [4.69, 9.17) is 13.9 Å². The molecule has 0 spiro atoms. The third kappa shape index (κ3) is 4.11. The maximum absolute atomic E-state index is 12.0. The van der Waals surface area contributed by atoms with Gasteiger partial charge in [0.1, 0.15) is 11.3 Å². The molecule has 0 aliphatic heterocycles. The Balaban J connectivity index is 1.55. The van der Waals surface area contributed by atoms with E-state index in [9.17, 15) is 9.59 Å². The fraction of sp³-hybridized carbons (Fsp3) is 0.105. The van der Waals surface area contributed by atoms with Crippen LogP contribution >= 0.6 is 0 Å². The zero-order valence-corrected chi connectivity index (χ0v) is 13.5. The van der Waals surface area contributed by atoms with Gasteiger partial charge in [-0.1, -0.05) is 12.1 Å². The maximum Gasteiger partial charge on any atom is 0.331 e. The van der Waals surface area contributed by atoms with Crippen molar-refractivity contribution in [3.63, 3.8) is 0 Å². The first kappa shape index (κ1) is 16.4. The molecule has 0 amide bonds. The highest BCUT2D eigenvalue weighted by atomic mass is 16.5. The number of rotatable bonds is 6. The molecule has 0 aliphatic rings. The molecule has 6 heteroatoms. The van der Waals surface area contributed by atoms with Gasteiger partial charge >= 0.3 is 5.97 Å². The number of aromatic nitrogens is 1. The molecule has 0 fully saturated rings. The van der Waals surface area contributed by atoms with E-state index in [1.807, 2.05) is 18.2 Å². The summed E-state index contributed by atoms with van der Waals surface area (Å²) >= 11 is 0. The van der Waals surface area contributed by atoms with Crippen LogP contribution in [0.2, 0.25) is 0 Å². The number of hydrogen-bond acceptors (Lipinski definition) is 6. The van der Waals surface area contributed by atoms with Crippen LogP contribution in [0.1, 0.15) is 16.2 Å². The first-order chi connectivity index (χ1) is 12.2. The number of esters is 1. The number of benzene rings is 2. The van der Waals surface area contributed by atoms with Gasteiger partial charge in [-0.05, 0) is 36.4 Å². The van der Waals surface area contributed by atoms with Crippen molar-refractivity contribution < 1.29 is 23.5 Å². The third-order valence-corrected chi connectivity index (χ3v) is 3.43. The van der Waals surface area contributed by atoms with Gasteiger partial charge < -0.3 is 13.9 Å². The predicted octanol–water partition coefficient (Wildman–Crippen LogP) is 3.28. The van der Waals surface area contributed by atoms with Crippen molar-refractivity contribution in [3.05, 3.63) is 66.1 Å². The standard InChI is InChI=1S/C19H15NO5/c1-23-14-8-6-13(7-9-14)16(21)12-24-19(22)11-10-18-20-15-4-2-3-5-17(15)25-18/h2-11H,12H2,1H3/b11-10+. The van der Waals surface area contributed by atoms with E-state index < -0.39 is 5.97 Å². The fourth-order valence-electron chi connectivity index (χ4n) is 2.15. The Labute approximate surface area is 143 Å². The molecule has 1 aromatic heterocycles. The lowest BCUT2D eigenvalue weighted by Gasteiger charge is -2.03. The van der Waals surface area contributed by atoms with Crippen LogP contribution in [0.5, 0.6) is 5.75 Å². The third-order valence-electron chi connectivity index (χ3n) is 3.43. The molecule has 3 rings (SSSR count). The molecule has 0 radical (unpaired) electrons.